The van der Waals surface area contributed by atoms with Crippen LogP contribution in [0.2, 0.25) is 10.0 Å². The Morgan fingerprint density at radius 2 is 1.64 bits per heavy atom. The van der Waals surface area contributed by atoms with E-state index in [4.69, 9.17) is 28.9 Å². The second-order valence-corrected chi connectivity index (χ2v) is 4.50. The molecule has 4 heteroatoms. The number of hydrogen-bond donors (Lipinski definition) is 1. The highest BCUT2D eigenvalue weighted by molar-refractivity contribution is 6.36. The maximum absolute atomic E-state index is 6.05. The fourth-order valence-electron chi connectivity index (χ4n) is 1.25. The molecule has 0 heterocycles. The molecule has 0 aliphatic heterocycles. The van der Waals surface area contributed by atoms with Crippen LogP contribution in [-0.2, 0) is 5.41 Å². The van der Waals surface area contributed by atoms with E-state index in [1.165, 1.54) is 0 Å². The average Bonchev–Trinajstić information content (AvgIpc) is 2.03. The molecule has 0 aliphatic carbocycles. The molecule has 80 valence electrons. The van der Waals surface area contributed by atoms with Crippen LogP contribution in [0, 0.1) is 0 Å². The fourth-order valence-corrected chi connectivity index (χ4v) is 2.16. The van der Waals surface area contributed by atoms with Crippen LogP contribution in [0.15, 0.2) is 18.2 Å². The molecular formula is C10H14Cl3N. The summed E-state index contributed by atoms with van der Waals surface area (Å²) in [6.07, 6.45) is 0. The van der Waals surface area contributed by atoms with Gasteiger partial charge in [0.1, 0.15) is 0 Å². The first kappa shape index (κ1) is 14.1. The summed E-state index contributed by atoms with van der Waals surface area (Å²) in [4.78, 5) is 0. The lowest BCUT2D eigenvalue weighted by atomic mass is 9.85. The maximum atomic E-state index is 6.05. The normalized spacial score (nSPS) is 10.9. The summed E-state index contributed by atoms with van der Waals surface area (Å²) in [5.74, 6) is 0. The number of benzene rings is 1. The van der Waals surface area contributed by atoms with Gasteiger partial charge in [0, 0.05) is 22.0 Å². The van der Waals surface area contributed by atoms with Crippen LogP contribution in [0.5, 0.6) is 0 Å². The predicted octanol–water partition coefficient (Wildman–Crippen LogP) is 3.65. The van der Waals surface area contributed by atoms with Crippen molar-refractivity contribution in [3.8, 4) is 0 Å². The molecule has 2 N–H and O–H groups in total. The van der Waals surface area contributed by atoms with Gasteiger partial charge >= 0.3 is 0 Å². The van der Waals surface area contributed by atoms with Crippen LogP contribution in [0.3, 0.4) is 0 Å². The van der Waals surface area contributed by atoms with Gasteiger partial charge in [-0.3, -0.25) is 0 Å². The highest BCUT2D eigenvalue weighted by Gasteiger charge is 2.23. The summed E-state index contributed by atoms with van der Waals surface area (Å²) >= 11 is 12.1. The maximum Gasteiger partial charge on any atom is 0.0458 e. The van der Waals surface area contributed by atoms with Crippen molar-refractivity contribution < 1.29 is 0 Å². The molecule has 0 saturated heterocycles. The Labute approximate surface area is 101 Å². The van der Waals surface area contributed by atoms with Crippen LogP contribution < -0.4 is 5.73 Å². The molecule has 0 saturated carbocycles. The molecule has 0 amide bonds. The van der Waals surface area contributed by atoms with Gasteiger partial charge in [-0.15, -0.1) is 12.4 Å². The predicted molar refractivity (Wildman–Crippen MR) is 65.8 cm³/mol. The first-order valence-electron chi connectivity index (χ1n) is 4.13. The van der Waals surface area contributed by atoms with E-state index in [9.17, 15) is 0 Å². The third-order valence-electron chi connectivity index (χ3n) is 2.15. The molecule has 0 aromatic heterocycles. The highest BCUT2D eigenvalue weighted by atomic mass is 35.5. The van der Waals surface area contributed by atoms with Gasteiger partial charge in [0.05, 0.1) is 0 Å². The van der Waals surface area contributed by atoms with Crippen molar-refractivity contribution in [1.82, 2.24) is 0 Å². The van der Waals surface area contributed by atoms with E-state index in [-0.39, 0.29) is 17.8 Å². The second kappa shape index (κ2) is 5.22. The van der Waals surface area contributed by atoms with Crippen molar-refractivity contribution >= 4 is 35.6 Å². The minimum atomic E-state index is -0.171. The zero-order chi connectivity index (χ0) is 10.1. The smallest absolute Gasteiger partial charge is 0.0458 e. The molecule has 0 spiro atoms. The van der Waals surface area contributed by atoms with E-state index >= 15 is 0 Å². The molecule has 14 heavy (non-hydrogen) atoms. The van der Waals surface area contributed by atoms with Crippen LogP contribution in [0.1, 0.15) is 19.4 Å². The molecule has 1 rings (SSSR count). The van der Waals surface area contributed by atoms with Gasteiger partial charge in [-0.1, -0.05) is 43.1 Å². The van der Waals surface area contributed by atoms with Gasteiger partial charge in [-0.25, -0.2) is 0 Å². The zero-order valence-electron chi connectivity index (χ0n) is 8.18. The minimum absolute atomic E-state index is 0. The monoisotopic (exact) mass is 253 g/mol. The number of nitrogens with two attached hydrogens (primary N) is 1. The van der Waals surface area contributed by atoms with E-state index in [0.717, 1.165) is 5.56 Å². The Bertz CT molecular complexity index is 290. The molecular weight excluding hydrogens is 240 g/mol. The lowest BCUT2D eigenvalue weighted by Gasteiger charge is -2.25. The summed E-state index contributed by atoms with van der Waals surface area (Å²) in [5.41, 5.74) is 6.42. The van der Waals surface area contributed by atoms with Gasteiger partial charge in [0.25, 0.3) is 0 Å². The molecule has 0 radical (unpaired) electrons. The van der Waals surface area contributed by atoms with E-state index < -0.39 is 0 Å². The third-order valence-corrected chi connectivity index (χ3v) is 2.78. The molecule has 0 bridgehead atoms. The minimum Gasteiger partial charge on any atom is -0.330 e. The van der Waals surface area contributed by atoms with Gasteiger partial charge < -0.3 is 5.73 Å². The first-order chi connectivity index (χ1) is 5.99. The van der Waals surface area contributed by atoms with E-state index in [0.29, 0.717) is 16.6 Å². The van der Waals surface area contributed by atoms with Crippen LogP contribution >= 0.6 is 35.6 Å². The van der Waals surface area contributed by atoms with Crippen molar-refractivity contribution in [1.29, 1.82) is 0 Å². The summed E-state index contributed by atoms with van der Waals surface area (Å²) in [6.45, 7) is 4.58. The summed E-state index contributed by atoms with van der Waals surface area (Å²) < 4.78 is 0. The second-order valence-electron chi connectivity index (χ2n) is 3.68. The standard InChI is InChI=1S/C10H13Cl2N.ClH/c1-10(2,6-13)9-7(11)4-3-5-8(9)12;/h3-5H,6,13H2,1-2H3;1H. The van der Waals surface area contributed by atoms with Gasteiger partial charge in [0.2, 0.25) is 0 Å². The Hall–Kier alpha value is 0.0500. The number of halogens is 3. The van der Waals surface area contributed by atoms with Crippen molar-refractivity contribution in [2.45, 2.75) is 19.3 Å². The zero-order valence-corrected chi connectivity index (χ0v) is 10.5. The lowest BCUT2D eigenvalue weighted by molar-refractivity contribution is 0.539. The van der Waals surface area contributed by atoms with Crippen molar-refractivity contribution in [2.24, 2.45) is 5.73 Å². The first-order valence-corrected chi connectivity index (χ1v) is 4.89. The third kappa shape index (κ3) is 2.77. The molecule has 1 aromatic carbocycles. The van der Waals surface area contributed by atoms with Crippen LogP contribution in [0.4, 0.5) is 0 Å². The highest BCUT2D eigenvalue weighted by Crippen LogP contribution is 2.34. The van der Waals surface area contributed by atoms with Crippen molar-refractivity contribution in [3.63, 3.8) is 0 Å². The fraction of sp³-hybridized carbons (Fsp3) is 0.400. The summed E-state index contributed by atoms with van der Waals surface area (Å²) in [6, 6.07) is 5.50. The molecule has 1 aromatic rings. The molecule has 0 fully saturated rings. The van der Waals surface area contributed by atoms with Crippen molar-refractivity contribution in [3.05, 3.63) is 33.8 Å². The molecule has 1 nitrogen and oxygen atoms in total. The van der Waals surface area contributed by atoms with Crippen LogP contribution in [-0.4, -0.2) is 6.54 Å². The quantitative estimate of drug-likeness (QED) is 0.856. The van der Waals surface area contributed by atoms with E-state index in [2.05, 4.69) is 0 Å². The van der Waals surface area contributed by atoms with Crippen molar-refractivity contribution in [2.75, 3.05) is 6.54 Å². The Balaban J connectivity index is 0.00000169. The van der Waals surface area contributed by atoms with Gasteiger partial charge in [0.15, 0.2) is 0 Å². The summed E-state index contributed by atoms with van der Waals surface area (Å²) in [7, 11) is 0. The Kier molecular flexibility index (Phi) is 5.24. The molecule has 0 aliphatic rings. The van der Waals surface area contributed by atoms with Gasteiger partial charge in [-0.2, -0.15) is 0 Å². The number of hydrogen-bond acceptors (Lipinski definition) is 1. The average molecular weight is 255 g/mol. The molecule has 0 unspecified atom stereocenters. The largest absolute Gasteiger partial charge is 0.330 e. The number of rotatable bonds is 2. The topological polar surface area (TPSA) is 26.0 Å². The van der Waals surface area contributed by atoms with E-state index in [1.807, 2.05) is 32.0 Å². The molecule has 0 atom stereocenters. The summed E-state index contributed by atoms with van der Waals surface area (Å²) in [5, 5.41) is 1.37. The lowest BCUT2D eigenvalue weighted by Crippen LogP contribution is -2.28. The SMILES string of the molecule is CC(C)(CN)c1c(Cl)cccc1Cl.Cl. The van der Waals surface area contributed by atoms with Gasteiger partial charge in [-0.05, 0) is 17.7 Å². The van der Waals surface area contributed by atoms with E-state index in [1.54, 1.807) is 0 Å². The Morgan fingerprint density at radius 1 is 1.21 bits per heavy atom. The Morgan fingerprint density at radius 3 is 2.00 bits per heavy atom. The van der Waals surface area contributed by atoms with Crippen LogP contribution in [0.25, 0.3) is 0 Å².